The molecule has 2 amide bonds. The van der Waals surface area contributed by atoms with Crippen molar-refractivity contribution in [3.63, 3.8) is 0 Å². The van der Waals surface area contributed by atoms with E-state index in [4.69, 9.17) is 9.47 Å². The van der Waals surface area contributed by atoms with Gasteiger partial charge in [0, 0.05) is 5.69 Å². The summed E-state index contributed by atoms with van der Waals surface area (Å²) in [5, 5.41) is 5.83. The van der Waals surface area contributed by atoms with Crippen molar-refractivity contribution in [1.82, 2.24) is 5.32 Å². The summed E-state index contributed by atoms with van der Waals surface area (Å²) in [5.41, 5.74) is 2.80. The number of rotatable bonds is 10. The number of benzene rings is 2. The molecule has 1 aliphatic carbocycles. The van der Waals surface area contributed by atoms with Crippen LogP contribution in [0.4, 0.5) is 5.69 Å². The molecule has 3 rings (SSSR count). The number of methoxy groups -OCH3 is 1. The molecule has 0 aliphatic heterocycles. The standard InChI is InChI=1S/C29H38N2O5/c1-19(2)14-25(27(33)35-5)31-28(34)29(12-6-7-13-29)36-24-10-8-22(9-11-24)18-26(32)30-23-16-20(3)15-21(4)17-23/h8-11,15-17,19,25H,6-7,12-14,18H2,1-5H3,(H,30,32)(H,31,34)/t25-/m1/s1. The molecule has 0 unspecified atom stereocenters. The van der Waals surface area contributed by atoms with Gasteiger partial charge in [0.2, 0.25) is 5.91 Å². The molecule has 2 aromatic carbocycles. The van der Waals surface area contributed by atoms with Crippen molar-refractivity contribution in [2.45, 2.75) is 77.9 Å². The lowest BCUT2D eigenvalue weighted by Crippen LogP contribution is -2.54. The smallest absolute Gasteiger partial charge is 0.328 e. The van der Waals surface area contributed by atoms with Gasteiger partial charge in [-0.2, -0.15) is 0 Å². The molecule has 36 heavy (non-hydrogen) atoms. The molecule has 2 N–H and O–H groups in total. The third-order valence-electron chi connectivity index (χ3n) is 6.43. The maximum absolute atomic E-state index is 13.3. The van der Waals surface area contributed by atoms with Gasteiger partial charge in [0.1, 0.15) is 11.8 Å². The van der Waals surface area contributed by atoms with Gasteiger partial charge in [0.05, 0.1) is 13.5 Å². The first-order valence-electron chi connectivity index (χ1n) is 12.6. The molecule has 0 bridgehead atoms. The second-order valence-electron chi connectivity index (χ2n) is 10.2. The van der Waals surface area contributed by atoms with E-state index in [0.717, 1.165) is 35.2 Å². The van der Waals surface area contributed by atoms with Crippen molar-refractivity contribution in [3.8, 4) is 5.75 Å². The van der Waals surface area contributed by atoms with Gasteiger partial charge in [-0.25, -0.2) is 4.79 Å². The molecule has 194 valence electrons. The molecule has 0 saturated heterocycles. The van der Waals surface area contributed by atoms with Crippen LogP contribution in [-0.2, 0) is 25.5 Å². The zero-order valence-corrected chi connectivity index (χ0v) is 22.0. The van der Waals surface area contributed by atoms with Crippen molar-refractivity contribution in [2.24, 2.45) is 5.92 Å². The molecule has 0 radical (unpaired) electrons. The van der Waals surface area contributed by atoms with Gasteiger partial charge in [0.15, 0.2) is 5.60 Å². The summed E-state index contributed by atoms with van der Waals surface area (Å²) in [6, 6.07) is 12.5. The summed E-state index contributed by atoms with van der Waals surface area (Å²) in [4.78, 5) is 38.1. The number of ether oxygens (including phenoxy) is 2. The minimum Gasteiger partial charge on any atom is -0.477 e. The number of anilines is 1. The van der Waals surface area contributed by atoms with E-state index in [2.05, 4.69) is 16.7 Å². The lowest BCUT2D eigenvalue weighted by atomic mass is 9.98. The number of nitrogens with one attached hydrogen (secondary N) is 2. The van der Waals surface area contributed by atoms with E-state index in [9.17, 15) is 14.4 Å². The van der Waals surface area contributed by atoms with E-state index in [0.29, 0.717) is 25.0 Å². The van der Waals surface area contributed by atoms with Gasteiger partial charge in [-0.1, -0.05) is 32.0 Å². The molecule has 1 fully saturated rings. The molecular formula is C29H38N2O5. The maximum Gasteiger partial charge on any atom is 0.328 e. The van der Waals surface area contributed by atoms with Gasteiger partial charge < -0.3 is 20.1 Å². The van der Waals surface area contributed by atoms with E-state index < -0.39 is 17.6 Å². The molecule has 2 aromatic rings. The Morgan fingerprint density at radius 1 is 0.972 bits per heavy atom. The number of hydrogen-bond acceptors (Lipinski definition) is 5. The van der Waals surface area contributed by atoms with Crippen molar-refractivity contribution < 1.29 is 23.9 Å². The zero-order chi connectivity index (χ0) is 26.3. The van der Waals surface area contributed by atoms with Crippen LogP contribution in [-0.4, -0.2) is 36.5 Å². The molecule has 1 saturated carbocycles. The summed E-state index contributed by atoms with van der Waals surface area (Å²) in [6.45, 7) is 7.98. The van der Waals surface area contributed by atoms with Crippen LogP contribution in [0.3, 0.4) is 0 Å². The largest absolute Gasteiger partial charge is 0.477 e. The Balaban J connectivity index is 1.65. The topological polar surface area (TPSA) is 93.7 Å². The highest BCUT2D eigenvalue weighted by Crippen LogP contribution is 2.35. The van der Waals surface area contributed by atoms with Crippen LogP contribution in [0.2, 0.25) is 0 Å². The van der Waals surface area contributed by atoms with Gasteiger partial charge in [-0.3, -0.25) is 9.59 Å². The van der Waals surface area contributed by atoms with Crippen LogP contribution >= 0.6 is 0 Å². The number of amides is 2. The van der Waals surface area contributed by atoms with Gasteiger partial charge in [0.25, 0.3) is 5.91 Å². The fourth-order valence-electron chi connectivity index (χ4n) is 4.78. The maximum atomic E-state index is 13.3. The number of esters is 1. The van der Waals surface area contributed by atoms with Crippen LogP contribution < -0.4 is 15.4 Å². The van der Waals surface area contributed by atoms with E-state index in [-0.39, 0.29) is 24.2 Å². The van der Waals surface area contributed by atoms with Crippen molar-refractivity contribution in [1.29, 1.82) is 0 Å². The Labute approximate surface area is 213 Å². The summed E-state index contributed by atoms with van der Waals surface area (Å²) < 4.78 is 11.2. The summed E-state index contributed by atoms with van der Waals surface area (Å²) in [7, 11) is 1.33. The zero-order valence-electron chi connectivity index (χ0n) is 22.0. The summed E-state index contributed by atoms with van der Waals surface area (Å²) >= 11 is 0. The van der Waals surface area contributed by atoms with E-state index in [1.54, 1.807) is 12.1 Å². The van der Waals surface area contributed by atoms with Gasteiger partial charge in [-0.05, 0) is 92.8 Å². The summed E-state index contributed by atoms with van der Waals surface area (Å²) in [6.07, 6.45) is 3.62. The van der Waals surface area contributed by atoms with Crippen LogP contribution in [0.25, 0.3) is 0 Å². The van der Waals surface area contributed by atoms with Crippen molar-refractivity contribution in [2.75, 3.05) is 12.4 Å². The number of aryl methyl sites for hydroxylation is 2. The Morgan fingerprint density at radius 3 is 2.14 bits per heavy atom. The van der Waals surface area contributed by atoms with Crippen LogP contribution in [0.5, 0.6) is 5.75 Å². The summed E-state index contributed by atoms with van der Waals surface area (Å²) in [5.74, 6) is -0.0561. The molecular weight excluding hydrogens is 456 g/mol. The first-order valence-corrected chi connectivity index (χ1v) is 12.6. The molecule has 7 nitrogen and oxygen atoms in total. The Kier molecular flexibility index (Phi) is 9.13. The number of carbonyl (C=O) groups excluding carboxylic acids is 3. The Bertz CT molecular complexity index is 1050. The van der Waals surface area contributed by atoms with Crippen molar-refractivity contribution >= 4 is 23.5 Å². The second-order valence-corrected chi connectivity index (χ2v) is 10.2. The average Bonchev–Trinajstić information content (AvgIpc) is 3.28. The fourth-order valence-corrected chi connectivity index (χ4v) is 4.78. The second kappa shape index (κ2) is 12.1. The fraction of sp³-hybridized carbons (Fsp3) is 0.483. The monoisotopic (exact) mass is 494 g/mol. The van der Waals surface area contributed by atoms with Crippen LogP contribution in [0.15, 0.2) is 42.5 Å². The Hall–Kier alpha value is -3.35. The minimum absolute atomic E-state index is 0.0979. The molecule has 7 heteroatoms. The number of hydrogen-bond donors (Lipinski definition) is 2. The minimum atomic E-state index is -1.02. The molecule has 1 aliphatic rings. The molecule has 1 atom stereocenters. The van der Waals surface area contributed by atoms with Gasteiger partial charge >= 0.3 is 5.97 Å². The first kappa shape index (κ1) is 27.2. The quantitative estimate of drug-likeness (QED) is 0.459. The SMILES string of the molecule is COC(=O)[C@@H](CC(C)C)NC(=O)C1(Oc2ccc(CC(=O)Nc3cc(C)cc(C)c3)cc2)CCCC1. The normalized spacial score (nSPS) is 15.3. The van der Waals surface area contributed by atoms with Gasteiger partial charge in [-0.15, -0.1) is 0 Å². The molecule has 0 heterocycles. The highest BCUT2D eigenvalue weighted by atomic mass is 16.5. The van der Waals surface area contributed by atoms with Crippen LogP contribution in [0, 0.1) is 19.8 Å². The highest BCUT2D eigenvalue weighted by Gasteiger charge is 2.45. The predicted octanol–water partition coefficient (Wildman–Crippen LogP) is 4.88. The third kappa shape index (κ3) is 7.33. The lowest BCUT2D eigenvalue weighted by Gasteiger charge is -2.31. The average molecular weight is 495 g/mol. The number of carbonyl (C=O) groups is 3. The first-order chi connectivity index (χ1) is 17.1. The predicted molar refractivity (Wildman–Crippen MR) is 140 cm³/mol. The molecule has 0 spiro atoms. The molecule has 0 aromatic heterocycles. The van der Waals surface area contributed by atoms with E-state index >= 15 is 0 Å². The van der Waals surface area contributed by atoms with Crippen LogP contribution in [0.1, 0.15) is 62.6 Å². The lowest BCUT2D eigenvalue weighted by molar-refractivity contribution is -0.148. The van der Waals surface area contributed by atoms with E-state index in [1.807, 2.05) is 52.0 Å². The highest BCUT2D eigenvalue weighted by molar-refractivity contribution is 5.92. The van der Waals surface area contributed by atoms with E-state index in [1.165, 1.54) is 7.11 Å². The third-order valence-corrected chi connectivity index (χ3v) is 6.43. The Morgan fingerprint density at radius 2 is 1.58 bits per heavy atom. The van der Waals surface area contributed by atoms with Crippen molar-refractivity contribution in [3.05, 3.63) is 59.2 Å².